The van der Waals surface area contributed by atoms with Crippen LogP contribution in [0.4, 0.5) is 10.5 Å². The van der Waals surface area contributed by atoms with Crippen LogP contribution in [0.2, 0.25) is 0 Å². The standard InChI is InChI=1S/C25H29N5O4/c1-16-11-22(29-34-16)23(31)28-21-6-5-18(12-20(21)19-13-26-15-27-14-19)17-7-9-30(10-8-17)24(32)33-25(2,3)4/h5-6,11-15,17H,7-10H2,1-4H3,(H,28,31). The fourth-order valence-corrected chi connectivity index (χ4v) is 3.98. The summed E-state index contributed by atoms with van der Waals surface area (Å²) in [5.41, 5.74) is 3.09. The molecule has 1 aromatic carbocycles. The van der Waals surface area contributed by atoms with Crippen LogP contribution >= 0.6 is 0 Å². The monoisotopic (exact) mass is 463 g/mol. The molecule has 178 valence electrons. The first-order valence-electron chi connectivity index (χ1n) is 11.3. The summed E-state index contributed by atoms with van der Waals surface area (Å²) in [6, 6.07) is 7.57. The molecule has 9 nitrogen and oxygen atoms in total. The zero-order valence-electron chi connectivity index (χ0n) is 19.9. The Kier molecular flexibility index (Phi) is 6.63. The molecule has 2 aromatic heterocycles. The summed E-state index contributed by atoms with van der Waals surface area (Å²) in [6.45, 7) is 8.62. The Morgan fingerprint density at radius 1 is 1.12 bits per heavy atom. The van der Waals surface area contributed by atoms with E-state index in [0.29, 0.717) is 24.5 Å². The van der Waals surface area contributed by atoms with Crippen LogP contribution in [-0.2, 0) is 4.74 Å². The predicted octanol–water partition coefficient (Wildman–Crippen LogP) is 4.81. The van der Waals surface area contributed by atoms with E-state index in [1.165, 1.54) is 6.33 Å². The number of aryl methyl sites for hydroxylation is 1. The molecule has 0 unspecified atom stereocenters. The van der Waals surface area contributed by atoms with Gasteiger partial charge in [0.1, 0.15) is 17.7 Å². The van der Waals surface area contributed by atoms with Crippen molar-refractivity contribution >= 4 is 17.7 Å². The Morgan fingerprint density at radius 2 is 1.82 bits per heavy atom. The number of anilines is 1. The Labute approximate surface area is 198 Å². The molecule has 3 heterocycles. The number of carbonyl (C=O) groups is 2. The summed E-state index contributed by atoms with van der Waals surface area (Å²) >= 11 is 0. The smallest absolute Gasteiger partial charge is 0.410 e. The zero-order valence-corrected chi connectivity index (χ0v) is 19.9. The van der Waals surface area contributed by atoms with Crippen LogP contribution in [0.25, 0.3) is 11.1 Å². The van der Waals surface area contributed by atoms with Gasteiger partial charge in [0.2, 0.25) is 0 Å². The summed E-state index contributed by atoms with van der Waals surface area (Å²) in [4.78, 5) is 35.1. The number of benzene rings is 1. The van der Waals surface area contributed by atoms with Gasteiger partial charge < -0.3 is 19.5 Å². The lowest BCUT2D eigenvalue weighted by Crippen LogP contribution is -2.41. The Bertz CT molecular complexity index is 1160. The van der Waals surface area contributed by atoms with E-state index in [-0.39, 0.29) is 23.6 Å². The van der Waals surface area contributed by atoms with E-state index in [0.717, 1.165) is 29.5 Å². The number of nitrogens with zero attached hydrogens (tertiary/aromatic N) is 4. The molecule has 0 spiro atoms. The summed E-state index contributed by atoms with van der Waals surface area (Å²) in [5, 5.41) is 6.72. The van der Waals surface area contributed by atoms with Gasteiger partial charge in [-0.15, -0.1) is 0 Å². The number of piperidine rings is 1. The van der Waals surface area contributed by atoms with Crippen LogP contribution in [0.5, 0.6) is 0 Å². The minimum Gasteiger partial charge on any atom is -0.444 e. The number of carbonyl (C=O) groups excluding carboxylic acids is 2. The predicted molar refractivity (Wildman–Crippen MR) is 126 cm³/mol. The molecule has 4 rings (SSSR count). The van der Waals surface area contributed by atoms with Crippen LogP contribution in [-0.4, -0.2) is 50.7 Å². The highest BCUT2D eigenvalue weighted by Crippen LogP contribution is 2.35. The first-order chi connectivity index (χ1) is 16.2. The van der Waals surface area contributed by atoms with Crippen molar-refractivity contribution in [1.82, 2.24) is 20.0 Å². The molecule has 9 heteroatoms. The van der Waals surface area contributed by atoms with E-state index in [4.69, 9.17) is 9.26 Å². The number of ether oxygens (including phenoxy) is 1. The Morgan fingerprint density at radius 3 is 2.44 bits per heavy atom. The third-order valence-electron chi connectivity index (χ3n) is 5.64. The highest BCUT2D eigenvalue weighted by molar-refractivity contribution is 6.05. The van der Waals surface area contributed by atoms with Crippen LogP contribution in [0.1, 0.15) is 61.3 Å². The molecule has 0 atom stereocenters. The van der Waals surface area contributed by atoms with Crippen molar-refractivity contribution < 1.29 is 18.8 Å². The fraction of sp³-hybridized carbons (Fsp3) is 0.400. The number of hydrogen-bond donors (Lipinski definition) is 1. The van der Waals surface area contributed by atoms with E-state index in [2.05, 4.69) is 26.5 Å². The Hall–Kier alpha value is -3.75. The van der Waals surface area contributed by atoms with Crippen molar-refractivity contribution in [3.8, 4) is 11.1 Å². The Balaban J connectivity index is 1.53. The highest BCUT2D eigenvalue weighted by atomic mass is 16.6. The summed E-state index contributed by atoms with van der Waals surface area (Å²) in [5.74, 6) is 0.494. The molecule has 1 aliphatic heterocycles. The molecule has 0 saturated carbocycles. The van der Waals surface area contributed by atoms with Gasteiger partial charge in [-0.2, -0.15) is 0 Å². The van der Waals surface area contributed by atoms with Gasteiger partial charge >= 0.3 is 6.09 Å². The first kappa shape index (κ1) is 23.4. The van der Waals surface area contributed by atoms with Crippen LogP contribution in [0, 0.1) is 6.92 Å². The van der Waals surface area contributed by atoms with E-state index in [1.807, 2.05) is 32.9 Å². The lowest BCUT2D eigenvalue weighted by Gasteiger charge is -2.33. The van der Waals surface area contributed by atoms with Gasteiger partial charge in [-0.05, 0) is 64.2 Å². The van der Waals surface area contributed by atoms with E-state index >= 15 is 0 Å². The van der Waals surface area contributed by atoms with Gasteiger partial charge in [0.15, 0.2) is 5.69 Å². The number of hydrogen-bond acceptors (Lipinski definition) is 7. The molecular formula is C25H29N5O4. The number of likely N-dealkylation sites (tertiary alicyclic amines) is 1. The minimum absolute atomic E-state index is 0.214. The molecule has 0 bridgehead atoms. The highest BCUT2D eigenvalue weighted by Gasteiger charge is 2.28. The number of nitrogens with one attached hydrogen (secondary N) is 1. The van der Waals surface area contributed by atoms with Gasteiger partial charge in [-0.3, -0.25) is 4.79 Å². The topological polar surface area (TPSA) is 110 Å². The molecule has 0 aliphatic carbocycles. The lowest BCUT2D eigenvalue weighted by atomic mass is 9.87. The van der Waals surface area contributed by atoms with Crippen molar-refractivity contribution in [2.45, 2.75) is 52.1 Å². The van der Waals surface area contributed by atoms with E-state index in [1.54, 1.807) is 30.3 Å². The molecular weight excluding hydrogens is 434 g/mol. The number of amides is 2. The lowest BCUT2D eigenvalue weighted by molar-refractivity contribution is 0.0204. The molecule has 34 heavy (non-hydrogen) atoms. The molecule has 0 radical (unpaired) electrons. The molecule has 2 amide bonds. The first-order valence-corrected chi connectivity index (χ1v) is 11.3. The molecule has 1 aliphatic rings. The number of aromatic nitrogens is 3. The summed E-state index contributed by atoms with van der Waals surface area (Å²) < 4.78 is 10.5. The van der Waals surface area contributed by atoms with Crippen LogP contribution in [0.15, 0.2) is 47.5 Å². The maximum Gasteiger partial charge on any atom is 0.410 e. The molecule has 1 fully saturated rings. The normalized spacial score (nSPS) is 14.6. The maximum atomic E-state index is 12.7. The van der Waals surface area contributed by atoms with Crippen molar-refractivity contribution in [2.75, 3.05) is 18.4 Å². The second-order valence-corrected chi connectivity index (χ2v) is 9.45. The van der Waals surface area contributed by atoms with Crippen molar-refractivity contribution in [2.24, 2.45) is 0 Å². The third kappa shape index (κ3) is 5.59. The van der Waals surface area contributed by atoms with Gasteiger partial charge in [0.25, 0.3) is 5.91 Å². The molecule has 1 N–H and O–H groups in total. The van der Waals surface area contributed by atoms with E-state index in [9.17, 15) is 9.59 Å². The maximum absolute atomic E-state index is 12.7. The van der Waals surface area contributed by atoms with Gasteiger partial charge in [-0.25, -0.2) is 14.8 Å². The second kappa shape index (κ2) is 9.62. The second-order valence-electron chi connectivity index (χ2n) is 9.45. The minimum atomic E-state index is -0.508. The quantitative estimate of drug-likeness (QED) is 0.591. The summed E-state index contributed by atoms with van der Waals surface area (Å²) in [7, 11) is 0. The zero-order chi connectivity index (χ0) is 24.3. The average molecular weight is 464 g/mol. The van der Waals surface area contributed by atoms with Crippen molar-refractivity contribution in [3.05, 3.63) is 60.0 Å². The van der Waals surface area contributed by atoms with E-state index < -0.39 is 5.60 Å². The third-order valence-corrected chi connectivity index (χ3v) is 5.64. The van der Waals surface area contributed by atoms with Gasteiger partial charge in [-0.1, -0.05) is 11.2 Å². The average Bonchev–Trinajstić information content (AvgIpc) is 3.25. The van der Waals surface area contributed by atoms with Crippen LogP contribution in [0.3, 0.4) is 0 Å². The molecule has 1 saturated heterocycles. The largest absolute Gasteiger partial charge is 0.444 e. The van der Waals surface area contributed by atoms with Crippen LogP contribution < -0.4 is 5.32 Å². The summed E-state index contributed by atoms with van der Waals surface area (Å²) in [6.07, 6.45) is 6.28. The van der Waals surface area contributed by atoms with Gasteiger partial charge in [0, 0.05) is 48.4 Å². The number of rotatable bonds is 4. The fourth-order valence-electron chi connectivity index (χ4n) is 3.98. The van der Waals surface area contributed by atoms with Crippen molar-refractivity contribution in [1.29, 1.82) is 0 Å². The SMILES string of the molecule is Cc1cc(C(=O)Nc2ccc(C3CCN(C(=O)OC(C)(C)C)CC3)cc2-c2cncnc2)no1. The van der Waals surface area contributed by atoms with Crippen molar-refractivity contribution in [3.63, 3.8) is 0 Å². The van der Waals surface area contributed by atoms with Gasteiger partial charge in [0.05, 0.1) is 0 Å². The molecule has 3 aromatic rings.